The third kappa shape index (κ3) is 2.72. The summed E-state index contributed by atoms with van der Waals surface area (Å²) in [5.41, 5.74) is 2.66. The predicted molar refractivity (Wildman–Crippen MR) is 82.2 cm³/mol. The third-order valence-electron chi connectivity index (χ3n) is 4.23. The Bertz CT molecular complexity index is 409. The topological polar surface area (TPSA) is 15.3 Å². The van der Waals surface area contributed by atoms with Crippen molar-refractivity contribution in [2.75, 3.05) is 25.0 Å². The summed E-state index contributed by atoms with van der Waals surface area (Å²) in [6, 6.07) is 7.11. The maximum Gasteiger partial charge on any atom is 0.0511 e. The van der Waals surface area contributed by atoms with Crippen molar-refractivity contribution in [2.24, 2.45) is 11.8 Å². The normalized spacial score (nSPS) is 25.5. The molecule has 1 aromatic carbocycles. The molecular formula is C15H23BrN2. The van der Waals surface area contributed by atoms with Crippen molar-refractivity contribution < 1.29 is 0 Å². The van der Waals surface area contributed by atoms with Gasteiger partial charge >= 0.3 is 0 Å². The first kappa shape index (κ1) is 13.9. The molecule has 1 fully saturated rings. The number of hydrogen-bond donors (Lipinski definition) is 1. The van der Waals surface area contributed by atoms with Crippen LogP contribution in [0.5, 0.6) is 0 Å². The van der Waals surface area contributed by atoms with Gasteiger partial charge < -0.3 is 10.2 Å². The van der Waals surface area contributed by atoms with E-state index >= 15 is 0 Å². The Hall–Kier alpha value is -0.540. The lowest BCUT2D eigenvalue weighted by molar-refractivity contribution is 0.494. The number of rotatable bonds is 3. The van der Waals surface area contributed by atoms with Gasteiger partial charge in [-0.3, -0.25) is 0 Å². The van der Waals surface area contributed by atoms with Crippen molar-refractivity contribution in [3.05, 3.63) is 28.2 Å². The predicted octanol–water partition coefficient (Wildman–Crippen LogP) is 3.82. The van der Waals surface area contributed by atoms with Gasteiger partial charge in [-0.15, -0.1) is 0 Å². The molecule has 0 aliphatic carbocycles. The summed E-state index contributed by atoms with van der Waals surface area (Å²) in [6.45, 7) is 9.20. The van der Waals surface area contributed by atoms with Crippen LogP contribution in [0.2, 0.25) is 0 Å². The van der Waals surface area contributed by atoms with E-state index in [0.717, 1.165) is 11.8 Å². The number of halogens is 1. The van der Waals surface area contributed by atoms with Crippen LogP contribution in [0.25, 0.3) is 0 Å². The van der Waals surface area contributed by atoms with Gasteiger partial charge in [0.05, 0.1) is 5.69 Å². The number of nitrogens with zero attached hydrogens (tertiary/aromatic N) is 1. The van der Waals surface area contributed by atoms with Gasteiger partial charge in [-0.05, 0) is 59.4 Å². The summed E-state index contributed by atoms with van der Waals surface area (Å²) < 4.78 is 1.21. The molecule has 0 aromatic heterocycles. The molecule has 1 aromatic rings. The van der Waals surface area contributed by atoms with E-state index in [1.54, 1.807) is 0 Å². The van der Waals surface area contributed by atoms with Crippen LogP contribution in [0, 0.1) is 11.8 Å². The van der Waals surface area contributed by atoms with E-state index in [2.05, 4.69) is 65.1 Å². The lowest BCUT2D eigenvalue weighted by atomic mass is 10.0. The molecule has 0 amide bonds. The standard InChI is InChI=1S/C15H23BrN2/c1-10-8-18(9-11(10)2)15-6-5-13(7-14(15)16)12(3)17-4/h5-7,10-12,17H,8-9H2,1-4H3. The Kier molecular flexibility index (Phi) is 4.33. The smallest absolute Gasteiger partial charge is 0.0511 e. The first-order chi connectivity index (χ1) is 8.52. The quantitative estimate of drug-likeness (QED) is 0.913. The van der Waals surface area contributed by atoms with Crippen molar-refractivity contribution in [3.63, 3.8) is 0 Å². The van der Waals surface area contributed by atoms with Crippen molar-refractivity contribution in [2.45, 2.75) is 26.8 Å². The van der Waals surface area contributed by atoms with E-state index in [1.807, 2.05) is 7.05 Å². The van der Waals surface area contributed by atoms with Crippen molar-refractivity contribution in [3.8, 4) is 0 Å². The molecule has 1 aliphatic rings. The van der Waals surface area contributed by atoms with E-state index in [1.165, 1.54) is 28.8 Å². The minimum absolute atomic E-state index is 0.395. The van der Waals surface area contributed by atoms with Crippen LogP contribution in [-0.4, -0.2) is 20.1 Å². The Balaban J connectivity index is 2.20. The minimum Gasteiger partial charge on any atom is -0.370 e. The summed E-state index contributed by atoms with van der Waals surface area (Å²) in [4.78, 5) is 2.49. The molecule has 1 heterocycles. The van der Waals surface area contributed by atoms with E-state index in [9.17, 15) is 0 Å². The zero-order valence-corrected chi connectivity index (χ0v) is 13.3. The van der Waals surface area contributed by atoms with Crippen LogP contribution in [0.3, 0.4) is 0 Å². The van der Waals surface area contributed by atoms with Crippen molar-refractivity contribution >= 4 is 21.6 Å². The summed E-state index contributed by atoms with van der Waals surface area (Å²) in [7, 11) is 2.00. The van der Waals surface area contributed by atoms with Gasteiger partial charge in [-0.2, -0.15) is 0 Å². The Morgan fingerprint density at radius 3 is 2.39 bits per heavy atom. The fourth-order valence-electron chi connectivity index (χ4n) is 2.54. The molecule has 3 atom stereocenters. The Morgan fingerprint density at radius 2 is 1.89 bits per heavy atom. The van der Waals surface area contributed by atoms with Crippen LogP contribution >= 0.6 is 15.9 Å². The molecule has 1 aliphatic heterocycles. The fraction of sp³-hybridized carbons (Fsp3) is 0.600. The summed E-state index contributed by atoms with van der Waals surface area (Å²) >= 11 is 3.73. The van der Waals surface area contributed by atoms with Gasteiger partial charge in [0.15, 0.2) is 0 Å². The minimum atomic E-state index is 0.395. The molecule has 0 bridgehead atoms. The molecule has 2 rings (SSSR count). The number of nitrogens with one attached hydrogen (secondary N) is 1. The SMILES string of the molecule is CNC(C)c1ccc(N2CC(C)C(C)C2)c(Br)c1. The maximum atomic E-state index is 3.73. The van der Waals surface area contributed by atoms with E-state index in [4.69, 9.17) is 0 Å². The largest absolute Gasteiger partial charge is 0.370 e. The third-order valence-corrected chi connectivity index (χ3v) is 4.87. The fourth-order valence-corrected chi connectivity index (χ4v) is 3.19. The number of hydrogen-bond acceptors (Lipinski definition) is 2. The van der Waals surface area contributed by atoms with Crippen LogP contribution in [0.15, 0.2) is 22.7 Å². The second-order valence-electron chi connectivity index (χ2n) is 5.58. The second kappa shape index (κ2) is 5.62. The van der Waals surface area contributed by atoms with Gasteiger partial charge in [-0.25, -0.2) is 0 Å². The average Bonchev–Trinajstić information content (AvgIpc) is 2.68. The van der Waals surface area contributed by atoms with E-state index in [-0.39, 0.29) is 0 Å². The summed E-state index contributed by atoms with van der Waals surface area (Å²) in [5, 5.41) is 3.28. The van der Waals surface area contributed by atoms with Gasteiger partial charge in [0.2, 0.25) is 0 Å². The summed E-state index contributed by atoms with van der Waals surface area (Å²) in [6.07, 6.45) is 0. The second-order valence-corrected chi connectivity index (χ2v) is 6.44. The first-order valence-electron chi connectivity index (χ1n) is 6.74. The zero-order valence-electron chi connectivity index (χ0n) is 11.7. The van der Waals surface area contributed by atoms with Gasteiger partial charge in [0.1, 0.15) is 0 Å². The monoisotopic (exact) mass is 310 g/mol. The molecule has 0 spiro atoms. The highest BCUT2D eigenvalue weighted by atomic mass is 79.9. The van der Waals surface area contributed by atoms with Gasteiger partial charge in [0.25, 0.3) is 0 Å². The van der Waals surface area contributed by atoms with Crippen molar-refractivity contribution in [1.82, 2.24) is 5.32 Å². The van der Waals surface area contributed by atoms with Gasteiger partial charge in [0, 0.05) is 23.6 Å². The molecule has 1 saturated heterocycles. The molecule has 3 heteroatoms. The maximum absolute atomic E-state index is 3.73. The number of anilines is 1. The first-order valence-corrected chi connectivity index (χ1v) is 7.54. The number of benzene rings is 1. The lowest BCUT2D eigenvalue weighted by Gasteiger charge is -2.21. The molecular weight excluding hydrogens is 288 g/mol. The highest BCUT2D eigenvalue weighted by molar-refractivity contribution is 9.10. The van der Waals surface area contributed by atoms with Crippen LogP contribution < -0.4 is 10.2 Å². The van der Waals surface area contributed by atoms with E-state index in [0.29, 0.717) is 6.04 Å². The van der Waals surface area contributed by atoms with Crippen LogP contribution in [0.1, 0.15) is 32.4 Å². The molecule has 1 N–H and O–H groups in total. The average molecular weight is 311 g/mol. The van der Waals surface area contributed by atoms with Gasteiger partial charge in [-0.1, -0.05) is 19.9 Å². The summed E-state index contributed by atoms with van der Waals surface area (Å²) in [5.74, 6) is 1.57. The Morgan fingerprint density at radius 1 is 1.28 bits per heavy atom. The highest BCUT2D eigenvalue weighted by Crippen LogP contribution is 2.34. The highest BCUT2D eigenvalue weighted by Gasteiger charge is 2.27. The molecule has 2 nitrogen and oxygen atoms in total. The lowest BCUT2D eigenvalue weighted by Crippen LogP contribution is -2.20. The molecule has 100 valence electrons. The van der Waals surface area contributed by atoms with Crippen molar-refractivity contribution in [1.29, 1.82) is 0 Å². The Labute approximate surface area is 119 Å². The molecule has 0 radical (unpaired) electrons. The van der Waals surface area contributed by atoms with Crippen LogP contribution in [-0.2, 0) is 0 Å². The zero-order chi connectivity index (χ0) is 13.3. The molecule has 18 heavy (non-hydrogen) atoms. The molecule has 0 saturated carbocycles. The molecule has 3 unspecified atom stereocenters. The van der Waals surface area contributed by atoms with E-state index < -0.39 is 0 Å². The van der Waals surface area contributed by atoms with Crippen LogP contribution in [0.4, 0.5) is 5.69 Å².